The second kappa shape index (κ2) is 7.93. The van der Waals surface area contributed by atoms with Gasteiger partial charge in [-0.2, -0.15) is 0 Å². The van der Waals surface area contributed by atoms with E-state index in [4.69, 9.17) is 26.4 Å². The Bertz CT molecular complexity index is 1370. The Balaban J connectivity index is 1.80. The van der Waals surface area contributed by atoms with E-state index in [1.807, 2.05) is 45.2 Å². The summed E-state index contributed by atoms with van der Waals surface area (Å²) in [5.41, 5.74) is 4.38. The molecular formula is C24H26N3O5S+. The van der Waals surface area contributed by atoms with Gasteiger partial charge in [-0.05, 0) is 61.0 Å². The zero-order chi connectivity index (χ0) is 23.4. The van der Waals surface area contributed by atoms with E-state index in [1.54, 1.807) is 7.11 Å². The fraction of sp³-hybridized carbons (Fsp3) is 0.333. The molecule has 3 aromatic rings. The highest BCUT2D eigenvalue weighted by molar-refractivity contribution is 7.71. The van der Waals surface area contributed by atoms with E-state index in [0.717, 1.165) is 40.1 Å². The van der Waals surface area contributed by atoms with Crippen molar-refractivity contribution in [1.82, 2.24) is 9.55 Å². The van der Waals surface area contributed by atoms with Crippen LogP contribution in [-0.4, -0.2) is 42.2 Å². The van der Waals surface area contributed by atoms with Gasteiger partial charge in [0.25, 0.3) is 5.56 Å². The van der Waals surface area contributed by atoms with Crippen LogP contribution in [0.15, 0.2) is 29.1 Å². The van der Waals surface area contributed by atoms with Gasteiger partial charge in [-0.1, -0.05) is 6.07 Å². The third-order valence-electron chi connectivity index (χ3n) is 6.39. The highest BCUT2D eigenvalue weighted by Crippen LogP contribution is 2.48. The highest BCUT2D eigenvalue weighted by Gasteiger charge is 2.41. The highest BCUT2D eigenvalue weighted by atomic mass is 32.1. The number of aromatic amines is 1. The van der Waals surface area contributed by atoms with Gasteiger partial charge in [-0.3, -0.25) is 14.3 Å². The molecule has 3 N–H and O–H groups in total. The summed E-state index contributed by atoms with van der Waals surface area (Å²) in [6.45, 7) is 4.84. The molecule has 0 saturated heterocycles. The van der Waals surface area contributed by atoms with Crippen LogP contribution < -0.4 is 24.7 Å². The number of aromatic hydroxyl groups is 1. The Morgan fingerprint density at radius 2 is 1.91 bits per heavy atom. The Labute approximate surface area is 196 Å². The summed E-state index contributed by atoms with van der Waals surface area (Å²) in [6.07, 6.45) is 0.777. The topological polar surface area (TPSA) is 90.2 Å². The Morgan fingerprint density at radius 1 is 1.18 bits per heavy atom. The Morgan fingerprint density at radius 3 is 2.61 bits per heavy atom. The average Bonchev–Trinajstić information content (AvgIpc) is 3.21. The zero-order valence-electron chi connectivity index (χ0n) is 18.9. The SMILES string of the molecule is COc1c2c(cc3c1[C@H](c1c(O)n(-c4cc(C)cc(C)c4)c(=S)[nH]c1=O)[NH+](C)CC3)OCO2. The lowest BCUT2D eigenvalue weighted by Gasteiger charge is -2.33. The maximum atomic E-state index is 13.3. The lowest BCUT2D eigenvalue weighted by atomic mass is 9.87. The van der Waals surface area contributed by atoms with Crippen LogP contribution in [0.3, 0.4) is 0 Å². The first-order valence-electron chi connectivity index (χ1n) is 10.8. The van der Waals surface area contributed by atoms with E-state index in [1.165, 1.54) is 4.57 Å². The van der Waals surface area contributed by atoms with E-state index in [0.29, 0.717) is 22.9 Å². The van der Waals surface area contributed by atoms with E-state index in [2.05, 4.69) is 4.98 Å². The molecule has 33 heavy (non-hydrogen) atoms. The predicted molar refractivity (Wildman–Crippen MR) is 125 cm³/mol. The summed E-state index contributed by atoms with van der Waals surface area (Å²) in [6, 6.07) is 7.35. The van der Waals surface area contributed by atoms with Crippen molar-refractivity contribution >= 4 is 12.2 Å². The minimum atomic E-state index is -0.491. The molecule has 0 spiro atoms. The van der Waals surface area contributed by atoms with Gasteiger partial charge in [0, 0.05) is 6.42 Å². The monoisotopic (exact) mass is 468 g/mol. The molecular weight excluding hydrogens is 442 g/mol. The molecule has 0 aliphatic carbocycles. The van der Waals surface area contributed by atoms with Gasteiger partial charge in [-0.25, -0.2) is 0 Å². The Hall–Kier alpha value is -3.30. The van der Waals surface area contributed by atoms with Crippen LogP contribution in [0.2, 0.25) is 0 Å². The first-order chi connectivity index (χ1) is 15.8. The van der Waals surface area contributed by atoms with Crippen LogP contribution in [0, 0.1) is 18.6 Å². The molecule has 172 valence electrons. The summed E-state index contributed by atoms with van der Waals surface area (Å²) >= 11 is 5.46. The summed E-state index contributed by atoms with van der Waals surface area (Å²) in [5.74, 6) is 1.51. The molecule has 2 aliphatic heterocycles. The number of H-pyrrole nitrogens is 1. The van der Waals surface area contributed by atoms with Crippen LogP contribution in [0.4, 0.5) is 0 Å². The number of aromatic nitrogens is 2. The van der Waals surface area contributed by atoms with Gasteiger partial charge >= 0.3 is 0 Å². The van der Waals surface area contributed by atoms with Crippen LogP contribution in [0.5, 0.6) is 23.1 Å². The van der Waals surface area contributed by atoms with Gasteiger partial charge < -0.3 is 24.2 Å². The van der Waals surface area contributed by atoms with Crippen molar-refractivity contribution in [1.29, 1.82) is 0 Å². The molecule has 0 fully saturated rings. The quantitative estimate of drug-likeness (QED) is 0.511. The minimum absolute atomic E-state index is 0.116. The van der Waals surface area contributed by atoms with Gasteiger partial charge in [-0.15, -0.1) is 0 Å². The maximum absolute atomic E-state index is 13.3. The average molecular weight is 469 g/mol. The molecule has 2 aromatic carbocycles. The van der Waals surface area contributed by atoms with Gasteiger partial charge in [0.05, 0.1) is 32.0 Å². The molecule has 2 aliphatic rings. The second-order valence-electron chi connectivity index (χ2n) is 8.67. The van der Waals surface area contributed by atoms with E-state index in [9.17, 15) is 9.90 Å². The molecule has 2 atom stereocenters. The molecule has 0 saturated carbocycles. The second-order valence-corrected chi connectivity index (χ2v) is 9.06. The number of quaternary nitrogens is 1. The van der Waals surface area contributed by atoms with Crippen molar-refractivity contribution in [3.63, 3.8) is 0 Å². The number of methoxy groups -OCH3 is 1. The summed E-state index contributed by atoms with van der Waals surface area (Å²) in [7, 11) is 3.57. The molecule has 5 rings (SSSR count). The third kappa shape index (κ3) is 3.39. The van der Waals surface area contributed by atoms with Gasteiger partial charge in [0.1, 0.15) is 5.56 Å². The molecule has 0 radical (unpaired) electrons. The Kier molecular flexibility index (Phi) is 5.18. The number of hydrogen-bond donors (Lipinski definition) is 3. The normalized spacial score (nSPS) is 18.8. The van der Waals surface area contributed by atoms with Crippen molar-refractivity contribution in [3.05, 3.63) is 67.2 Å². The van der Waals surface area contributed by atoms with Crippen molar-refractivity contribution in [3.8, 4) is 28.8 Å². The number of nitrogens with one attached hydrogen (secondary N) is 2. The molecule has 9 heteroatoms. The van der Waals surface area contributed by atoms with E-state index in [-0.39, 0.29) is 23.0 Å². The standard InChI is InChI=1S/C24H25N3O5S/c1-12-7-13(2)9-15(8-12)27-23(29)18(22(28)25-24(27)33)19-17-14(5-6-26(19)3)10-16-20(21(17)30-4)32-11-31-16/h7-10,19,29H,5-6,11H2,1-4H3,(H,25,28,33)/p+1/t19-/m1/s1. The zero-order valence-corrected chi connectivity index (χ0v) is 19.8. The maximum Gasteiger partial charge on any atom is 0.265 e. The molecule has 0 bridgehead atoms. The molecule has 0 amide bonds. The van der Waals surface area contributed by atoms with Crippen LogP contribution in [0.25, 0.3) is 5.69 Å². The number of ether oxygens (including phenoxy) is 3. The number of rotatable bonds is 3. The van der Waals surface area contributed by atoms with Crippen molar-refractivity contribution < 1.29 is 24.2 Å². The lowest BCUT2D eigenvalue weighted by molar-refractivity contribution is -0.908. The number of aryl methyl sites for hydroxylation is 2. The number of hydrogen-bond acceptors (Lipinski definition) is 6. The lowest BCUT2D eigenvalue weighted by Crippen LogP contribution is -3.10. The molecule has 1 unspecified atom stereocenters. The van der Waals surface area contributed by atoms with E-state index < -0.39 is 11.6 Å². The van der Waals surface area contributed by atoms with Crippen LogP contribution in [-0.2, 0) is 6.42 Å². The van der Waals surface area contributed by atoms with Gasteiger partial charge in [0.2, 0.25) is 18.4 Å². The summed E-state index contributed by atoms with van der Waals surface area (Å²) < 4.78 is 18.7. The third-order valence-corrected chi connectivity index (χ3v) is 6.68. The predicted octanol–water partition coefficient (Wildman–Crippen LogP) is 2.12. The van der Waals surface area contributed by atoms with Crippen molar-refractivity contribution in [2.24, 2.45) is 0 Å². The fourth-order valence-electron chi connectivity index (χ4n) is 5.03. The number of benzene rings is 2. The number of nitrogens with zero attached hydrogens (tertiary/aromatic N) is 1. The molecule has 1 aromatic heterocycles. The smallest absolute Gasteiger partial charge is 0.265 e. The van der Waals surface area contributed by atoms with Crippen LogP contribution >= 0.6 is 12.2 Å². The van der Waals surface area contributed by atoms with Crippen molar-refractivity contribution in [2.45, 2.75) is 26.3 Å². The molecule has 8 nitrogen and oxygen atoms in total. The first kappa shape index (κ1) is 21.5. The van der Waals surface area contributed by atoms with E-state index >= 15 is 0 Å². The number of fused-ring (bicyclic) bond motifs is 2. The van der Waals surface area contributed by atoms with Crippen LogP contribution in [0.1, 0.15) is 33.9 Å². The number of likely N-dealkylation sites (N-methyl/N-ethyl adjacent to an activating group) is 1. The first-order valence-corrected chi connectivity index (χ1v) is 11.2. The van der Waals surface area contributed by atoms with Crippen molar-refractivity contribution in [2.75, 3.05) is 27.5 Å². The summed E-state index contributed by atoms with van der Waals surface area (Å²) in [5, 5.41) is 11.5. The molecule has 3 heterocycles. The summed E-state index contributed by atoms with van der Waals surface area (Å²) in [4.78, 5) is 17.1. The largest absolute Gasteiger partial charge is 0.494 e. The minimum Gasteiger partial charge on any atom is -0.494 e. The fourth-order valence-corrected chi connectivity index (χ4v) is 5.32. The van der Waals surface area contributed by atoms with Gasteiger partial charge in [0.15, 0.2) is 22.3 Å².